The highest BCUT2D eigenvalue weighted by Crippen LogP contribution is 2.20. The number of rotatable bonds is 2. The molecule has 0 aliphatic rings. The van der Waals surface area contributed by atoms with Crippen molar-refractivity contribution in [2.45, 2.75) is 6.61 Å². The maximum absolute atomic E-state index is 8.91. The summed E-state index contributed by atoms with van der Waals surface area (Å²) in [6.07, 6.45) is 0. The first-order valence-corrected chi connectivity index (χ1v) is 4.14. The van der Waals surface area contributed by atoms with Gasteiger partial charge in [0.1, 0.15) is 0 Å². The van der Waals surface area contributed by atoms with Gasteiger partial charge in [-0.05, 0) is 18.2 Å². The summed E-state index contributed by atoms with van der Waals surface area (Å²) in [6.45, 7) is 0.0651. The number of aliphatic hydroxyl groups is 1. The lowest BCUT2D eigenvalue weighted by atomic mass is 10.2. The van der Waals surface area contributed by atoms with Gasteiger partial charge in [0.25, 0.3) is 0 Å². The van der Waals surface area contributed by atoms with Gasteiger partial charge in [0.2, 0.25) is 0 Å². The summed E-state index contributed by atoms with van der Waals surface area (Å²) in [7, 11) is 1.84. The van der Waals surface area contributed by atoms with Crippen LogP contribution >= 0.6 is 15.9 Å². The number of halogens is 1. The molecule has 0 aliphatic heterocycles. The van der Waals surface area contributed by atoms with Crippen molar-refractivity contribution in [3.63, 3.8) is 0 Å². The van der Waals surface area contributed by atoms with E-state index in [4.69, 9.17) is 5.11 Å². The van der Waals surface area contributed by atoms with E-state index in [1.165, 1.54) is 0 Å². The minimum Gasteiger partial charge on any atom is -0.392 e. The zero-order valence-corrected chi connectivity index (χ0v) is 7.85. The molecule has 2 nitrogen and oxygen atoms in total. The summed E-state index contributed by atoms with van der Waals surface area (Å²) in [5.41, 5.74) is 1.87. The smallest absolute Gasteiger partial charge is 0.0702 e. The summed E-state index contributed by atoms with van der Waals surface area (Å²) in [6, 6.07) is 5.76. The standard InChI is InChI=1S/C8H10BrNO/c1-10-8-3-2-7(9)4-6(8)5-11/h2-4,10-11H,5H2,1H3. The Balaban J connectivity index is 3.06. The van der Waals surface area contributed by atoms with Crippen LogP contribution in [0.3, 0.4) is 0 Å². The van der Waals surface area contributed by atoms with Crippen LogP contribution in [0.5, 0.6) is 0 Å². The molecule has 0 heterocycles. The van der Waals surface area contributed by atoms with Crippen LogP contribution in [0.4, 0.5) is 5.69 Å². The highest BCUT2D eigenvalue weighted by Gasteiger charge is 1.98. The third-order valence-corrected chi connectivity index (χ3v) is 2.00. The van der Waals surface area contributed by atoms with Crippen molar-refractivity contribution in [1.82, 2.24) is 0 Å². The second-order valence-electron chi connectivity index (χ2n) is 2.21. The topological polar surface area (TPSA) is 32.3 Å². The van der Waals surface area contributed by atoms with Gasteiger partial charge in [-0.2, -0.15) is 0 Å². The lowest BCUT2D eigenvalue weighted by molar-refractivity contribution is 0.282. The fourth-order valence-electron chi connectivity index (χ4n) is 0.937. The van der Waals surface area contributed by atoms with E-state index in [0.717, 1.165) is 15.7 Å². The van der Waals surface area contributed by atoms with E-state index >= 15 is 0 Å². The van der Waals surface area contributed by atoms with Crippen molar-refractivity contribution in [1.29, 1.82) is 0 Å². The van der Waals surface area contributed by atoms with E-state index in [-0.39, 0.29) is 6.61 Å². The summed E-state index contributed by atoms with van der Waals surface area (Å²) >= 11 is 3.33. The SMILES string of the molecule is CNc1ccc(Br)cc1CO. The van der Waals surface area contributed by atoms with Crippen molar-refractivity contribution in [2.24, 2.45) is 0 Å². The molecule has 0 amide bonds. The third kappa shape index (κ3) is 1.94. The Bertz CT molecular complexity index is 250. The molecule has 0 atom stereocenters. The number of anilines is 1. The van der Waals surface area contributed by atoms with Crippen molar-refractivity contribution in [2.75, 3.05) is 12.4 Å². The molecule has 0 saturated carbocycles. The molecular formula is C8H10BrNO. The predicted octanol–water partition coefficient (Wildman–Crippen LogP) is 1.98. The zero-order chi connectivity index (χ0) is 8.27. The van der Waals surface area contributed by atoms with E-state index in [1.54, 1.807) is 0 Å². The number of benzene rings is 1. The first kappa shape index (κ1) is 8.56. The average molecular weight is 216 g/mol. The first-order chi connectivity index (χ1) is 5.27. The molecule has 1 aromatic rings. The molecule has 0 unspecified atom stereocenters. The van der Waals surface area contributed by atoms with Crippen molar-refractivity contribution in [3.8, 4) is 0 Å². The van der Waals surface area contributed by atoms with Crippen LogP contribution in [0, 0.1) is 0 Å². The molecule has 0 radical (unpaired) electrons. The second-order valence-corrected chi connectivity index (χ2v) is 3.13. The van der Waals surface area contributed by atoms with E-state index in [9.17, 15) is 0 Å². The molecule has 3 heteroatoms. The summed E-state index contributed by atoms with van der Waals surface area (Å²) in [4.78, 5) is 0. The van der Waals surface area contributed by atoms with Crippen LogP contribution in [0.2, 0.25) is 0 Å². The highest BCUT2D eigenvalue weighted by atomic mass is 79.9. The Morgan fingerprint density at radius 1 is 1.55 bits per heavy atom. The van der Waals surface area contributed by atoms with Crippen LogP contribution in [0.15, 0.2) is 22.7 Å². The molecule has 11 heavy (non-hydrogen) atoms. The number of aliphatic hydroxyl groups excluding tert-OH is 1. The maximum atomic E-state index is 8.91. The molecule has 0 spiro atoms. The van der Waals surface area contributed by atoms with E-state index in [0.29, 0.717) is 0 Å². The number of nitrogens with one attached hydrogen (secondary N) is 1. The van der Waals surface area contributed by atoms with E-state index in [1.807, 2.05) is 25.2 Å². The normalized spacial score (nSPS) is 9.73. The van der Waals surface area contributed by atoms with Crippen LogP contribution in [-0.4, -0.2) is 12.2 Å². The molecule has 60 valence electrons. The van der Waals surface area contributed by atoms with Crippen LogP contribution in [-0.2, 0) is 6.61 Å². The highest BCUT2D eigenvalue weighted by molar-refractivity contribution is 9.10. The second kappa shape index (κ2) is 3.74. The first-order valence-electron chi connectivity index (χ1n) is 3.35. The Kier molecular flexibility index (Phi) is 2.91. The van der Waals surface area contributed by atoms with Gasteiger partial charge in [-0.3, -0.25) is 0 Å². The van der Waals surface area contributed by atoms with Gasteiger partial charge in [0.15, 0.2) is 0 Å². The lowest BCUT2D eigenvalue weighted by Crippen LogP contribution is -1.94. The van der Waals surface area contributed by atoms with Crippen molar-refractivity contribution < 1.29 is 5.11 Å². The van der Waals surface area contributed by atoms with Gasteiger partial charge < -0.3 is 10.4 Å². The fraction of sp³-hybridized carbons (Fsp3) is 0.250. The number of hydrogen-bond donors (Lipinski definition) is 2. The van der Waals surface area contributed by atoms with Gasteiger partial charge in [-0.1, -0.05) is 15.9 Å². The third-order valence-electron chi connectivity index (χ3n) is 1.51. The van der Waals surface area contributed by atoms with Gasteiger partial charge >= 0.3 is 0 Å². The van der Waals surface area contributed by atoms with Crippen molar-refractivity contribution >= 4 is 21.6 Å². The monoisotopic (exact) mass is 215 g/mol. The average Bonchev–Trinajstić information content (AvgIpc) is 2.04. The Hall–Kier alpha value is -0.540. The van der Waals surface area contributed by atoms with E-state index < -0.39 is 0 Å². The molecule has 0 fully saturated rings. The Morgan fingerprint density at radius 2 is 2.27 bits per heavy atom. The van der Waals surface area contributed by atoms with Crippen LogP contribution in [0.25, 0.3) is 0 Å². The zero-order valence-electron chi connectivity index (χ0n) is 6.26. The summed E-state index contributed by atoms with van der Waals surface area (Å²) in [5, 5.41) is 11.9. The van der Waals surface area contributed by atoms with E-state index in [2.05, 4.69) is 21.2 Å². The molecule has 1 rings (SSSR count). The Labute approximate surface area is 74.4 Å². The van der Waals surface area contributed by atoms with Gasteiger partial charge in [0, 0.05) is 22.8 Å². The quantitative estimate of drug-likeness (QED) is 0.792. The molecule has 0 aliphatic carbocycles. The molecule has 2 N–H and O–H groups in total. The lowest BCUT2D eigenvalue weighted by Gasteiger charge is -2.05. The van der Waals surface area contributed by atoms with Gasteiger partial charge in [-0.15, -0.1) is 0 Å². The van der Waals surface area contributed by atoms with Crippen LogP contribution in [0.1, 0.15) is 5.56 Å². The minimum atomic E-state index is 0.0651. The summed E-state index contributed by atoms with van der Waals surface area (Å²) < 4.78 is 0.987. The Morgan fingerprint density at radius 3 is 2.82 bits per heavy atom. The largest absolute Gasteiger partial charge is 0.392 e. The molecule has 0 bridgehead atoms. The summed E-state index contributed by atoms with van der Waals surface area (Å²) in [5.74, 6) is 0. The molecule has 0 saturated heterocycles. The maximum Gasteiger partial charge on any atom is 0.0702 e. The van der Waals surface area contributed by atoms with Gasteiger partial charge in [-0.25, -0.2) is 0 Å². The number of hydrogen-bond acceptors (Lipinski definition) is 2. The minimum absolute atomic E-state index is 0.0651. The van der Waals surface area contributed by atoms with Crippen molar-refractivity contribution in [3.05, 3.63) is 28.2 Å². The van der Waals surface area contributed by atoms with Gasteiger partial charge in [0.05, 0.1) is 6.61 Å². The predicted molar refractivity (Wildman–Crippen MR) is 49.6 cm³/mol. The molecule has 0 aromatic heterocycles. The van der Waals surface area contributed by atoms with Crippen LogP contribution < -0.4 is 5.32 Å². The fourth-order valence-corrected chi connectivity index (χ4v) is 1.35. The molecule has 1 aromatic carbocycles. The molecular weight excluding hydrogens is 206 g/mol.